The summed E-state index contributed by atoms with van der Waals surface area (Å²) in [7, 11) is 0. The molecule has 160 valence electrons. The number of aromatic nitrogens is 2. The fourth-order valence-electron chi connectivity index (χ4n) is 2.73. The molecule has 3 heterocycles. The summed E-state index contributed by atoms with van der Waals surface area (Å²) in [5.74, 6) is -6.58. The quantitative estimate of drug-likeness (QED) is 0.226. The van der Waals surface area contributed by atoms with Crippen LogP contribution in [-0.4, -0.2) is 21.1 Å². The Balaban J connectivity index is 1.57. The molecule has 0 saturated carbocycles. The highest BCUT2D eigenvalue weighted by atomic mass is 32.2. The van der Waals surface area contributed by atoms with Gasteiger partial charge in [0.15, 0.2) is 39.9 Å². The number of anilines is 1. The molecule has 1 aromatic carbocycles. The number of H-pyrrole nitrogens is 1. The molecule has 3 aromatic heterocycles. The highest BCUT2D eigenvalue weighted by molar-refractivity contribution is 8.00. The Morgan fingerprint density at radius 3 is 2.26 bits per heavy atom. The summed E-state index contributed by atoms with van der Waals surface area (Å²) in [5, 5.41) is 1.23. The molecule has 0 spiro atoms. The summed E-state index contributed by atoms with van der Waals surface area (Å²) < 4.78 is 65.2. The van der Waals surface area contributed by atoms with Gasteiger partial charge in [-0.2, -0.15) is 0 Å². The van der Waals surface area contributed by atoms with Gasteiger partial charge in [0.05, 0.1) is 17.8 Å². The third-order valence-electron chi connectivity index (χ3n) is 4.22. The van der Waals surface area contributed by atoms with E-state index in [-0.39, 0.29) is 11.2 Å². The van der Waals surface area contributed by atoms with Crippen LogP contribution in [0.15, 0.2) is 56.8 Å². The van der Waals surface area contributed by atoms with Crippen LogP contribution in [-0.2, 0) is 4.79 Å². The predicted octanol–water partition coefficient (Wildman–Crippen LogP) is 5.61. The molecule has 1 atom stereocenters. The van der Waals surface area contributed by atoms with E-state index in [9.17, 15) is 22.4 Å². The van der Waals surface area contributed by atoms with Crippen LogP contribution in [0.25, 0.3) is 22.9 Å². The average Bonchev–Trinajstić information content (AvgIpc) is 3.50. The molecule has 0 radical (unpaired) electrons. The Hall–Kier alpha value is -3.47. The number of furan rings is 2. The number of amides is 1. The van der Waals surface area contributed by atoms with Crippen LogP contribution in [0, 0.1) is 23.3 Å². The zero-order chi connectivity index (χ0) is 22.1. The van der Waals surface area contributed by atoms with E-state index in [1.807, 2.05) is 5.32 Å². The van der Waals surface area contributed by atoms with Gasteiger partial charge < -0.3 is 19.1 Å². The van der Waals surface area contributed by atoms with Crippen molar-refractivity contribution in [2.75, 3.05) is 5.32 Å². The van der Waals surface area contributed by atoms with Crippen molar-refractivity contribution in [1.82, 2.24) is 9.97 Å². The third kappa shape index (κ3) is 4.08. The SMILES string of the molecule is CC(Sc1nc(-c2ccco2)c(-c2ccco2)[nH]1)C(=O)Nc1c(F)c(F)cc(F)c1F. The average molecular weight is 451 g/mol. The van der Waals surface area contributed by atoms with Gasteiger partial charge in [0.25, 0.3) is 0 Å². The summed E-state index contributed by atoms with van der Waals surface area (Å²) >= 11 is 0.926. The molecule has 0 aliphatic rings. The maximum atomic E-state index is 13.8. The minimum Gasteiger partial charge on any atom is -0.463 e. The number of carbonyl (C=O) groups is 1. The molecule has 6 nitrogen and oxygen atoms in total. The van der Waals surface area contributed by atoms with Crippen LogP contribution >= 0.6 is 11.8 Å². The molecule has 0 saturated heterocycles. The zero-order valence-corrected chi connectivity index (χ0v) is 16.5. The second kappa shape index (κ2) is 8.34. The molecule has 4 aromatic rings. The van der Waals surface area contributed by atoms with Crippen LogP contribution in [0.4, 0.5) is 23.2 Å². The van der Waals surface area contributed by atoms with Crippen LogP contribution < -0.4 is 5.32 Å². The van der Waals surface area contributed by atoms with Gasteiger partial charge >= 0.3 is 0 Å². The zero-order valence-electron chi connectivity index (χ0n) is 15.7. The smallest absolute Gasteiger partial charge is 0.237 e. The molecule has 0 bridgehead atoms. The van der Waals surface area contributed by atoms with E-state index in [4.69, 9.17) is 8.83 Å². The third-order valence-corrected chi connectivity index (χ3v) is 5.21. The van der Waals surface area contributed by atoms with Crippen molar-refractivity contribution in [2.24, 2.45) is 0 Å². The van der Waals surface area contributed by atoms with Crippen molar-refractivity contribution in [3.05, 3.63) is 66.1 Å². The number of halogens is 4. The van der Waals surface area contributed by atoms with Crippen LogP contribution in [0.3, 0.4) is 0 Å². The summed E-state index contributed by atoms with van der Waals surface area (Å²) in [6.45, 7) is 1.44. The number of benzene rings is 1. The first kappa shape index (κ1) is 20.8. The number of nitrogens with zero attached hydrogens (tertiary/aromatic N) is 1. The predicted molar refractivity (Wildman–Crippen MR) is 104 cm³/mol. The van der Waals surface area contributed by atoms with E-state index >= 15 is 0 Å². The van der Waals surface area contributed by atoms with Crippen molar-refractivity contribution in [1.29, 1.82) is 0 Å². The van der Waals surface area contributed by atoms with E-state index in [1.54, 1.807) is 24.3 Å². The normalized spacial score (nSPS) is 12.2. The molecule has 1 amide bonds. The molecule has 31 heavy (non-hydrogen) atoms. The van der Waals surface area contributed by atoms with Gasteiger partial charge in [-0.3, -0.25) is 4.79 Å². The van der Waals surface area contributed by atoms with Crippen LogP contribution in [0.2, 0.25) is 0 Å². The molecule has 4 rings (SSSR count). The lowest BCUT2D eigenvalue weighted by Crippen LogP contribution is -2.24. The fraction of sp³-hybridized carbons (Fsp3) is 0.100. The topological polar surface area (TPSA) is 84.1 Å². The number of carbonyl (C=O) groups excluding carboxylic acids is 1. The van der Waals surface area contributed by atoms with E-state index in [0.29, 0.717) is 22.9 Å². The number of imidazole rings is 1. The first-order valence-corrected chi connectivity index (χ1v) is 9.71. The van der Waals surface area contributed by atoms with Gasteiger partial charge in [-0.05, 0) is 31.2 Å². The Morgan fingerprint density at radius 2 is 1.68 bits per heavy atom. The molecule has 2 N–H and O–H groups in total. The summed E-state index contributed by atoms with van der Waals surface area (Å²) in [6, 6.07) is 6.83. The van der Waals surface area contributed by atoms with Crippen molar-refractivity contribution in [3.63, 3.8) is 0 Å². The van der Waals surface area contributed by atoms with E-state index in [2.05, 4.69) is 9.97 Å². The Kier molecular flexibility index (Phi) is 5.59. The standard InChI is InChI=1S/C20H13F4N3O3S/c1-9(19(28)25-18-14(23)10(21)8-11(22)15(18)24)31-20-26-16(12-4-2-6-29-12)17(27-20)13-5-3-7-30-13/h2-9H,1H3,(H,25,28)(H,26,27). The van der Waals surface area contributed by atoms with Gasteiger partial charge in [0.2, 0.25) is 5.91 Å². The van der Waals surface area contributed by atoms with Crippen molar-refractivity contribution >= 4 is 23.4 Å². The fourth-order valence-corrected chi connectivity index (χ4v) is 3.53. The highest BCUT2D eigenvalue weighted by Crippen LogP contribution is 2.34. The first-order chi connectivity index (χ1) is 14.8. The number of rotatable bonds is 6. The van der Waals surface area contributed by atoms with Crippen LogP contribution in [0.5, 0.6) is 0 Å². The van der Waals surface area contributed by atoms with Crippen molar-refractivity contribution in [3.8, 4) is 22.9 Å². The summed E-state index contributed by atoms with van der Waals surface area (Å²) in [5.41, 5.74) is -0.263. The van der Waals surface area contributed by atoms with Gasteiger partial charge in [0.1, 0.15) is 17.1 Å². The van der Waals surface area contributed by atoms with Gasteiger partial charge in [-0.15, -0.1) is 0 Å². The van der Waals surface area contributed by atoms with E-state index in [0.717, 1.165) is 11.8 Å². The van der Waals surface area contributed by atoms with Gasteiger partial charge in [0, 0.05) is 6.07 Å². The Labute approximate surface area is 176 Å². The number of thioether (sulfide) groups is 1. The summed E-state index contributed by atoms with van der Waals surface area (Å²) in [4.78, 5) is 19.8. The Bertz CT molecular complexity index is 1150. The largest absolute Gasteiger partial charge is 0.463 e. The lowest BCUT2D eigenvalue weighted by atomic mass is 10.2. The Morgan fingerprint density at radius 1 is 1.06 bits per heavy atom. The lowest BCUT2D eigenvalue weighted by Gasteiger charge is -2.12. The number of nitrogens with one attached hydrogen (secondary N) is 2. The van der Waals surface area contributed by atoms with Crippen molar-refractivity contribution in [2.45, 2.75) is 17.3 Å². The first-order valence-electron chi connectivity index (χ1n) is 8.83. The van der Waals surface area contributed by atoms with Gasteiger partial charge in [-0.1, -0.05) is 11.8 Å². The molecular formula is C20H13F4N3O3S. The monoisotopic (exact) mass is 451 g/mol. The molecule has 0 aliphatic carbocycles. The maximum absolute atomic E-state index is 13.8. The molecule has 1 unspecified atom stereocenters. The number of hydrogen-bond donors (Lipinski definition) is 2. The minimum atomic E-state index is -1.69. The molecular weight excluding hydrogens is 438 g/mol. The molecule has 0 fully saturated rings. The second-order valence-electron chi connectivity index (χ2n) is 6.31. The van der Waals surface area contributed by atoms with E-state index in [1.165, 1.54) is 19.5 Å². The minimum absolute atomic E-state index is 0.0632. The van der Waals surface area contributed by atoms with Crippen molar-refractivity contribution < 1.29 is 31.2 Å². The van der Waals surface area contributed by atoms with E-state index < -0.39 is 40.1 Å². The highest BCUT2D eigenvalue weighted by Gasteiger charge is 2.25. The molecule has 11 heteroatoms. The van der Waals surface area contributed by atoms with Gasteiger partial charge in [-0.25, -0.2) is 22.5 Å². The summed E-state index contributed by atoms with van der Waals surface area (Å²) in [6.07, 6.45) is 2.95. The lowest BCUT2D eigenvalue weighted by molar-refractivity contribution is -0.115. The number of aromatic amines is 1. The molecule has 0 aliphatic heterocycles. The number of hydrogen-bond acceptors (Lipinski definition) is 5. The van der Waals surface area contributed by atoms with Crippen LogP contribution in [0.1, 0.15) is 6.92 Å². The second-order valence-corrected chi connectivity index (χ2v) is 7.64. The maximum Gasteiger partial charge on any atom is 0.237 e.